The second-order valence-electron chi connectivity index (χ2n) is 15.2. The van der Waals surface area contributed by atoms with Gasteiger partial charge in [0.05, 0.1) is 38.2 Å². The number of benzene rings is 4. The Labute approximate surface area is 494 Å². The van der Waals surface area contributed by atoms with Crippen LogP contribution in [0.25, 0.3) is 21.5 Å². The number of fused-ring (bicyclic) bond motifs is 6. The number of rotatable bonds is 16. The summed E-state index contributed by atoms with van der Waals surface area (Å²) in [4.78, 5) is 2.38. The maximum atomic E-state index is 11.7. The standard InChI is InChI=1S/C41H44N2O12S4.3K/c1-40(2)36(42(22-10-24-57(45,46)47)34-20-14-28-26-30(56-55-54-44)16-18-32(28)38(34)40)12-8-6-5-7-9-13-37-41(3,4)39-33-19-17-31(59(51,52)53)27-29(33)15-21-35(39)43(37)23-11-25-58(48,49)50;;;/h5-9,12-21,26-27H,10-11,22-25H2,1-4H3,(H3-,44,45,46,47,48,49,50,51,52,53);;;/q;3*+1/p-2. The molecule has 62 heavy (non-hydrogen) atoms. The van der Waals surface area contributed by atoms with Gasteiger partial charge in [0.15, 0.2) is 5.71 Å². The molecule has 0 fully saturated rings. The molecule has 2 heterocycles. The van der Waals surface area contributed by atoms with E-state index in [-0.39, 0.29) is 178 Å². The number of anilines is 1. The SMILES string of the molecule is CC1(C)C(/C=C/C=C/C=C/C=C2\N(CCCS(=O)(=O)O)c3ccc4cc(SOO[O-])ccc4c3C2(C)C)=[N+](CCCS(=O)(=O)[O-])c2ccc3cc(S(=O)(=O)[O-])ccc3c21.[K+].[K+].[K+]. The average molecular weight is 1000 g/mol. The van der Waals surface area contributed by atoms with Crippen LogP contribution in [0.1, 0.15) is 51.7 Å². The first-order valence-electron chi connectivity index (χ1n) is 18.4. The van der Waals surface area contributed by atoms with Gasteiger partial charge in [-0.3, -0.25) is 9.59 Å². The van der Waals surface area contributed by atoms with Crippen molar-refractivity contribution in [3.8, 4) is 0 Å². The molecule has 314 valence electrons. The summed E-state index contributed by atoms with van der Waals surface area (Å²) in [6.45, 7) is 8.69. The zero-order valence-electron chi connectivity index (χ0n) is 35.5. The fourth-order valence-corrected chi connectivity index (χ4v) is 10.1. The van der Waals surface area contributed by atoms with E-state index in [0.717, 1.165) is 62.1 Å². The van der Waals surface area contributed by atoms with Crippen molar-refractivity contribution in [2.45, 2.75) is 61.2 Å². The zero-order chi connectivity index (χ0) is 43.0. The van der Waals surface area contributed by atoms with Crippen molar-refractivity contribution in [1.82, 2.24) is 0 Å². The first kappa shape index (κ1) is 57.0. The zero-order valence-corrected chi connectivity index (χ0v) is 48.2. The van der Waals surface area contributed by atoms with Gasteiger partial charge in [-0.25, -0.2) is 16.8 Å². The number of allylic oxidation sites excluding steroid dienone is 8. The summed E-state index contributed by atoms with van der Waals surface area (Å²) in [5.74, 6) is -0.938. The summed E-state index contributed by atoms with van der Waals surface area (Å²) in [5, 5.41) is 17.0. The van der Waals surface area contributed by atoms with Crippen LogP contribution in [0.5, 0.6) is 0 Å². The van der Waals surface area contributed by atoms with Gasteiger partial charge in [-0.15, -0.1) is 0 Å². The van der Waals surface area contributed by atoms with Gasteiger partial charge in [0.25, 0.3) is 10.1 Å². The Bertz CT molecular complexity index is 2820. The molecule has 0 radical (unpaired) electrons. The van der Waals surface area contributed by atoms with Crippen molar-refractivity contribution in [3.05, 3.63) is 120 Å². The summed E-state index contributed by atoms with van der Waals surface area (Å²) in [5.41, 5.74) is 4.09. The van der Waals surface area contributed by atoms with E-state index in [0.29, 0.717) is 16.8 Å². The Kier molecular flexibility index (Phi) is 21.5. The molecule has 1 N–H and O–H groups in total. The molecule has 0 spiro atoms. The molecule has 2 aliphatic rings. The second-order valence-corrected chi connectivity index (χ2v) is 20.5. The van der Waals surface area contributed by atoms with E-state index in [2.05, 4.69) is 28.1 Å². The first-order chi connectivity index (χ1) is 27.6. The van der Waals surface area contributed by atoms with Crippen molar-refractivity contribution in [3.63, 3.8) is 0 Å². The normalized spacial score (nSPS) is 16.6. The summed E-state index contributed by atoms with van der Waals surface area (Å²) >= 11 is 0.794. The maximum Gasteiger partial charge on any atom is 1.00 e. The van der Waals surface area contributed by atoms with E-state index in [1.807, 2.05) is 91.3 Å². The molecule has 0 aliphatic carbocycles. The molecule has 0 bridgehead atoms. The van der Waals surface area contributed by atoms with Crippen LogP contribution in [0.4, 0.5) is 11.4 Å². The summed E-state index contributed by atoms with van der Waals surface area (Å²) in [7, 11) is -13.3. The molecule has 4 aromatic rings. The van der Waals surface area contributed by atoms with Crippen LogP contribution in [-0.2, 0) is 50.6 Å². The fourth-order valence-electron chi connectivity index (χ4n) is 8.18. The van der Waals surface area contributed by atoms with Gasteiger partial charge in [-0.2, -0.15) is 17.3 Å². The van der Waals surface area contributed by atoms with E-state index in [1.54, 1.807) is 18.2 Å². The Hall–Kier alpha value is 0.699. The molecule has 2 aliphatic heterocycles. The average Bonchev–Trinajstić information content (AvgIpc) is 3.50. The van der Waals surface area contributed by atoms with Gasteiger partial charge in [-0.05, 0) is 89.9 Å². The molecule has 21 heteroatoms. The van der Waals surface area contributed by atoms with Crippen LogP contribution in [0, 0.1) is 0 Å². The monoisotopic (exact) mass is 999 g/mol. The van der Waals surface area contributed by atoms with Crippen molar-refractivity contribution < 1.29 is 212 Å². The third-order valence-corrected chi connectivity index (χ3v) is 13.6. The van der Waals surface area contributed by atoms with Crippen LogP contribution < -0.4 is 164 Å². The predicted octanol–water partition coefficient (Wildman–Crippen LogP) is -2.92. The summed E-state index contributed by atoms with van der Waals surface area (Å²) < 4.78 is 109. The third-order valence-electron chi connectivity index (χ3n) is 10.6. The minimum atomic E-state index is -4.68. The molecular formula is C41H42K3N2O12S4+. The van der Waals surface area contributed by atoms with Gasteiger partial charge >= 0.3 is 154 Å². The van der Waals surface area contributed by atoms with Gasteiger partial charge < -0.3 is 19.3 Å². The Morgan fingerprint density at radius 3 is 2.05 bits per heavy atom. The predicted molar refractivity (Wildman–Crippen MR) is 223 cm³/mol. The second kappa shape index (κ2) is 23.3. The Balaban J connectivity index is 0.00000341. The molecule has 0 aromatic heterocycles. The summed E-state index contributed by atoms with van der Waals surface area (Å²) in [6, 6.07) is 17.3. The largest absolute Gasteiger partial charge is 1.00 e. The van der Waals surface area contributed by atoms with Crippen LogP contribution in [0.2, 0.25) is 0 Å². The molecule has 4 aromatic carbocycles. The van der Waals surface area contributed by atoms with Crippen molar-refractivity contribution in [1.29, 1.82) is 0 Å². The molecule has 0 unspecified atom stereocenters. The Morgan fingerprint density at radius 1 is 0.758 bits per heavy atom. The van der Waals surface area contributed by atoms with E-state index >= 15 is 0 Å². The molecule has 0 saturated heterocycles. The van der Waals surface area contributed by atoms with Gasteiger partial charge in [0.2, 0.25) is 5.69 Å². The van der Waals surface area contributed by atoms with Crippen molar-refractivity contribution in [2.24, 2.45) is 0 Å². The molecule has 0 amide bonds. The van der Waals surface area contributed by atoms with Crippen molar-refractivity contribution in [2.75, 3.05) is 29.5 Å². The van der Waals surface area contributed by atoms with Crippen LogP contribution in [0.15, 0.2) is 119 Å². The van der Waals surface area contributed by atoms with Crippen molar-refractivity contribution >= 4 is 81.0 Å². The number of nitrogens with zero attached hydrogens (tertiary/aromatic N) is 2. The maximum absolute atomic E-state index is 11.7. The van der Waals surface area contributed by atoms with Gasteiger partial charge in [-0.1, -0.05) is 62.4 Å². The van der Waals surface area contributed by atoms with Gasteiger partial charge in [0, 0.05) is 58.1 Å². The molecule has 0 atom stereocenters. The smallest absolute Gasteiger partial charge is 0.748 e. The Morgan fingerprint density at radius 2 is 1.39 bits per heavy atom. The van der Waals surface area contributed by atoms with Gasteiger partial charge in [0.1, 0.15) is 16.7 Å². The van der Waals surface area contributed by atoms with Crippen LogP contribution >= 0.6 is 12.0 Å². The van der Waals surface area contributed by atoms with E-state index < -0.39 is 52.7 Å². The quantitative estimate of drug-likeness (QED) is 0.0227. The molecule has 0 saturated carbocycles. The summed E-state index contributed by atoms with van der Waals surface area (Å²) in [6.07, 6.45) is 13.3. The topological polar surface area (TPSA) is 217 Å². The molecule has 6 rings (SSSR count). The van der Waals surface area contributed by atoms with E-state index in [1.165, 1.54) is 12.1 Å². The first-order valence-corrected chi connectivity index (χ1v) is 23.7. The van der Waals surface area contributed by atoms with Crippen LogP contribution in [-0.4, -0.2) is 73.8 Å². The molecular weight excluding hydrogens is 958 g/mol. The minimum Gasteiger partial charge on any atom is -0.748 e. The van der Waals surface area contributed by atoms with Crippen LogP contribution in [0.3, 0.4) is 0 Å². The van der Waals surface area contributed by atoms with E-state index in [9.17, 15) is 44.2 Å². The molecule has 14 nitrogen and oxygen atoms in total. The fraction of sp³-hybridized carbons (Fsp3) is 0.293. The van der Waals surface area contributed by atoms with E-state index in [4.69, 9.17) is 0 Å². The number of hydrogen-bond acceptors (Lipinski definition) is 13. The minimum absolute atomic E-state index is 0. The third kappa shape index (κ3) is 13.5. The number of hydrogen-bond donors (Lipinski definition) is 1.